The molecule has 1 aliphatic carbocycles. The first-order valence-electron chi connectivity index (χ1n) is 11.8. The molecule has 5 rings (SSSR count). The predicted octanol–water partition coefficient (Wildman–Crippen LogP) is 6.48. The quantitative estimate of drug-likeness (QED) is 0.299. The molecule has 0 radical (unpaired) electrons. The topological polar surface area (TPSA) is 63.9 Å². The van der Waals surface area contributed by atoms with Gasteiger partial charge in [-0.2, -0.15) is 0 Å². The lowest BCUT2D eigenvalue weighted by Gasteiger charge is -2.20. The number of aromatic nitrogens is 4. The van der Waals surface area contributed by atoms with E-state index in [0.29, 0.717) is 21.5 Å². The van der Waals surface area contributed by atoms with Crippen molar-refractivity contribution in [3.8, 4) is 11.3 Å². The maximum atomic E-state index is 12.7. The fraction of sp³-hybridized carbons (Fsp3) is 0.333. The monoisotopic (exact) mass is 507 g/mol. The summed E-state index contributed by atoms with van der Waals surface area (Å²) in [7, 11) is 3.54. The van der Waals surface area contributed by atoms with Gasteiger partial charge in [-0.25, -0.2) is 4.68 Å². The van der Waals surface area contributed by atoms with Gasteiger partial charge in [0.25, 0.3) is 0 Å². The van der Waals surface area contributed by atoms with E-state index in [1.165, 1.54) is 0 Å². The molecule has 1 saturated carbocycles. The zero-order chi connectivity index (χ0) is 24.9. The molecule has 2 heterocycles. The van der Waals surface area contributed by atoms with Crippen LogP contribution in [0.2, 0.25) is 10.0 Å². The molecule has 35 heavy (non-hydrogen) atoms. The zero-order valence-electron chi connectivity index (χ0n) is 20.2. The van der Waals surface area contributed by atoms with Gasteiger partial charge in [0.15, 0.2) is 0 Å². The summed E-state index contributed by atoms with van der Waals surface area (Å²) < 4.78 is 1.85. The maximum Gasteiger partial charge on any atom is 0.229 e. The largest absolute Gasteiger partial charge is 0.348 e. The third kappa shape index (κ3) is 4.30. The van der Waals surface area contributed by atoms with E-state index >= 15 is 0 Å². The second-order valence-corrected chi connectivity index (χ2v) is 10.2. The minimum absolute atomic E-state index is 0.0405. The van der Waals surface area contributed by atoms with Crippen LogP contribution in [0.1, 0.15) is 61.3 Å². The molecule has 0 bridgehead atoms. The molecular weight excluding hydrogens is 481 g/mol. The van der Waals surface area contributed by atoms with Crippen LogP contribution in [0.5, 0.6) is 0 Å². The fourth-order valence-corrected chi connectivity index (χ4v) is 5.55. The highest BCUT2D eigenvalue weighted by Gasteiger charge is 2.29. The van der Waals surface area contributed by atoms with Gasteiger partial charge in [-0.1, -0.05) is 58.7 Å². The summed E-state index contributed by atoms with van der Waals surface area (Å²) in [5, 5.41) is 10.1. The van der Waals surface area contributed by atoms with Crippen molar-refractivity contribution in [2.24, 2.45) is 0 Å². The first-order chi connectivity index (χ1) is 16.8. The van der Waals surface area contributed by atoms with Crippen molar-refractivity contribution in [2.75, 3.05) is 14.1 Å². The predicted molar refractivity (Wildman–Crippen MR) is 140 cm³/mol. The summed E-state index contributed by atoms with van der Waals surface area (Å²) in [6, 6.07) is 13.6. The van der Waals surface area contributed by atoms with E-state index in [1.54, 1.807) is 25.2 Å². The molecule has 0 saturated heterocycles. The Balaban J connectivity index is 1.59. The second-order valence-electron chi connectivity index (χ2n) is 9.45. The van der Waals surface area contributed by atoms with Gasteiger partial charge >= 0.3 is 0 Å². The highest BCUT2D eigenvalue weighted by Crippen LogP contribution is 2.47. The third-order valence-electron chi connectivity index (χ3n) is 6.83. The van der Waals surface area contributed by atoms with Crippen LogP contribution >= 0.6 is 23.2 Å². The summed E-state index contributed by atoms with van der Waals surface area (Å²) in [5.74, 6) is 0.250. The Morgan fingerprint density at radius 1 is 1.11 bits per heavy atom. The minimum Gasteiger partial charge on any atom is -0.348 e. The Bertz CT molecular complexity index is 1430. The normalized spacial score (nSPS) is 15.3. The number of nitrogens with zero attached hydrogens (tertiary/aromatic N) is 5. The molecule has 180 valence electrons. The number of carbonyl (C=O) groups is 1. The van der Waals surface area contributed by atoms with Gasteiger partial charge in [0.2, 0.25) is 5.91 Å². The molecule has 4 aromatic rings. The Morgan fingerprint density at radius 2 is 1.86 bits per heavy atom. The molecule has 1 aliphatic rings. The van der Waals surface area contributed by atoms with Crippen LogP contribution in [0.3, 0.4) is 0 Å². The molecule has 2 aromatic heterocycles. The highest BCUT2D eigenvalue weighted by molar-refractivity contribution is 6.36. The number of amides is 1. The van der Waals surface area contributed by atoms with Gasteiger partial charge in [0.1, 0.15) is 5.52 Å². The van der Waals surface area contributed by atoms with E-state index in [1.807, 2.05) is 61.0 Å². The smallest absolute Gasteiger partial charge is 0.229 e. The summed E-state index contributed by atoms with van der Waals surface area (Å²) in [5.41, 5.74) is 6.10. The number of hydrogen-bond donors (Lipinski definition) is 0. The third-order valence-corrected chi connectivity index (χ3v) is 7.58. The van der Waals surface area contributed by atoms with Gasteiger partial charge in [0, 0.05) is 30.2 Å². The van der Waals surface area contributed by atoms with Crippen molar-refractivity contribution in [1.82, 2.24) is 24.9 Å². The van der Waals surface area contributed by atoms with E-state index in [0.717, 1.165) is 46.3 Å². The Labute approximate surface area is 214 Å². The molecule has 1 amide bonds. The fourth-order valence-electron chi connectivity index (χ4n) is 4.71. The van der Waals surface area contributed by atoms with Crippen LogP contribution in [0.15, 0.2) is 48.7 Å². The van der Waals surface area contributed by atoms with Crippen LogP contribution < -0.4 is 0 Å². The number of likely N-dealkylation sites (N-methyl/N-ethyl adjacent to an activating group) is 1. The number of pyridine rings is 1. The van der Waals surface area contributed by atoms with Gasteiger partial charge in [0.05, 0.1) is 34.4 Å². The Kier molecular flexibility index (Phi) is 6.28. The van der Waals surface area contributed by atoms with Gasteiger partial charge in [-0.3, -0.25) is 9.78 Å². The maximum absolute atomic E-state index is 12.7. The molecular formula is C27H27Cl2N5O. The Morgan fingerprint density at radius 3 is 2.57 bits per heavy atom. The highest BCUT2D eigenvalue weighted by atomic mass is 35.5. The van der Waals surface area contributed by atoms with Crippen molar-refractivity contribution < 1.29 is 4.79 Å². The van der Waals surface area contributed by atoms with E-state index < -0.39 is 0 Å². The standard InChI is InChI=1S/C27H27Cl2N5O/c1-15(27(35)33(3)4)18-7-5-6-8-20(18)22-13-24-23(14-30-22)31-32-34(24)16(2)25-21(28)12-11-19(26(25)29)17-9-10-17/h5-8,11-17H,9-10H2,1-4H3/t15?,16-/m1/s1. The van der Waals surface area contributed by atoms with Crippen LogP contribution in [0.25, 0.3) is 22.3 Å². The van der Waals surface area contributed by atoms with E-state index in [4.69, 9.17) is 23.2 Å². The number of halogens is 2. The molecule has 1 fully saturated rings. The average Bonchev–Trinajstić information content (AvgIpc) is 3.60. The molecule has 1 unspecified atom stereocenters. The summed E-state index contributed by atoms with van der Waals surface area (Å²) in [6.07, 6.45) is 4.04. The van der Waals surface area contributed by atoms with Crippen molar-refractivity contribution in [2.45, 2.75) is 44.6 Å². The van der Waals surface area contributed by atoms with E-state index in [2.05, 4.69) is 15.3 Å². The van der Waals surface area contributed by atoms with Crippen molar-refractivity contribution in [1.29, 1.82) is 0 Å². The molecule has 0 spiro atoms. The molecule has 0 aliphatic heterocycles. The molecule has 2 atom stereocenters. The molecule has 0 N–H and O–H groups in total. The molecule has 2 aromatic carbocycles. The van der Waals surface area contributed by atoms with Crippen molar-refractivity contribution >= 4 is 40.1 Å². The molecule has 6 nitrogen and oxygen atoms in total. The van der Waals surface area contributed by atoms with Crippen molar-refractivity contribution in [3.63, 3.8) is 0 Å². The van der Waals surface area contributed by atoms with E-state index in [9.17, 15) is 4.79 Å². The lowest BCUT2D eigenvalue weighted by atomic mass is 9.92. The number of rotatable bonds is 6. The lowest BCUT2D eigenvalue weighted by molar-refractivity contribution is -0.129. The van der Waals surface area contributed by atoms with Crippen LogP contribution in [0.4, 0.5) is 0 Å². The summed E-state index contributed by atoms with van der Waals surface area (Å²) in [4.78, 5) is 19.0. The minimum atomic E-state index is -0.302. The van der Waals surface area contributed by atoms with Crippen LogP contribution in [0, 0.1) is 0 Å². The first kappa shape index (κ1) is 23.8. The number of benzene rings is 2. The lowest BCUT2D eigenvalue weighted by Crippen LogP contribution is -2.27. The van der Waals surface area contributed by atoms with Crippen molar-refractivity contribution in [3.05, 3.63) is 75.4 Å². The van der Waals surface area contributed by atoms with Gasteiger partial charge in [-0.05, 0) is 55.9 Å². The van der Waals surface area contributed by atoms with E-state index in [-0.39, 0.29) is 17.9 Å². The summed E-state index contributed by atoms with van der Waals surface area (Å²) in [6.45, 7) is 3.95. The molecule has 8 heteroatoms. The summed E-state index contributed by atoms with van der Waals surface area (Å²) >= 11 is 13.5. The van der Waals surface area contributed by atoms with Gasteiger partial charge < -0.3 is 4.90 Å². The second kappa shape index (κ2) is 9.25. The van der Waals surface area contributed by atoms with Crippen LogP contribution in [-0.2, 0) is 4.79 Å². The zero-order valence-corrected chi connectivity index (χ0v) is 21.7. The van der Waals surface area contributed by atoms with Crippen LogP contribution in [-0.4, -0.2) is 44.9 Å². The number of fused-ring (bicyclic) bond motifs is 1. The number of hydrogen-bond acceptors (Lipinski definition) is 4. The first-order valence-corrected chi connectivity index (χ1v) is 12.5. The average molecular weight is 508 g/mol. The van der Waals surface area contributed by atoms with Gasteiger partial charge in [-0.15, -0.1) is 5.10 Å². The SMILES string of the molecule is CC(C(=O)N(C)C)c1ccccc1-c1cc2c(cn1)nnn2[C@H](C)c1c(Cl)ccc(C2CC2)c1Cl. The Hall–Kier alpha value is -2.96. The number of carbonyl (C=O) groups excluding carboxylic acids is 1.